The van der Waals surface area contributed by atoms with E-state index in [0.717, 1.165) is 18.4 Å². The summed E-state index contributed by atoms with van der Waals surface area (Å²) in [6, 6.07) is 16.8. The van der Waals surface area contributed by atoms with Crippen molar-refractivity contribution in [2.24, 2.45) is 17.8 Å². The van der Waals surface area contributed by atoms with E-state index in [4.69, 9.17) is 4.74 Å². The molecule has 8 nitrogen and oxygen atoms in total. The Kier molecular flexibility index (Phi) is 9.14. The van der Waals surface area contributed by atoms with Crippen LogP contribution in [0.15, 0.2) is 86.0 Å². The Bertz CT molecular complexity index is 1380. The van der Waals surface area contributed by atoms with Crippen molar-refractivity contribution >= 4 is 23.4 Å². The molecule has 3 amide bonds. The number of nitrogens with zero attached hydrogens (tertiary/aromatic N) is 3. The first-order chi connectivity index (χ1) is 21.2. The Hall–Kier alpha value is -3.75. The van der Waals surface area contributed by atoms with Gasteiger partial charge in [-0.1, -0.05) is 81.0 Å². The van der Waals surface area contributed by atoms with Crippen molar-refractivity contribution in [3.8, 4) is 0 Å². The van der Waals surface area contributed by atoms with Crippen LogP contribution in [-0.4, -0.2) is 76.1 Å². The maximum Gasteiger partial charge on any atom is 0.248 e. The van der Waals surface area contributed by atoms with E-state index in [1.54, 1.807) is 26.9 Å². The highest BCUT2D eigenvalue weighted by Gasteiger charge is 2.80. The standard InChI is InChI=1S/C36H45N3O5/c1-6-9-22-37(20-7-2)34(43)31-36-23-25(4)35(5,44-36)29(32(41)38(21-8-3)27-18-14-11-15-19-27)30(36)33(42)39(31)28(24-40)26-16-12-10-13-17-26/h7-8,10-19,25,28-31,40H,2-3,6,9,20-24H2,1,4-5H3/t25?,28-,29+,30+,31?,35-,36?/m1/s1. The molecule has 8 heteroatoms. The summed E-state index contributed by atoms with van der Waals surface area (Å²) in [6.45, 7) is 14.5. The molecule has 2 aromatic rings. The molecule has 1 N–H and O–H groups in total. The summed E-state index contributed by atoms with van der Waals surface area (Å²) in [4.78, 5) is 49.3. The zero-order valence-electron chi connectivity index (χ0n) is 26.1. The molecule has 0 aliphatic carbocycles. The van der Waals surface area contributed by atoms with Crippen LogP contribution in [-0.2, 0) is 19.1 Å². The fraction of sp³-hybridized carbons (Fsp3) is 0.472. The van der Waals surface area contributed by atoms with Gasteiger partial charge in [0.25, 0.3) is 0 Å². The fourth-order valence-electron chi connectivity index (χ4n) is 7.89. The quantitative estimate of drug-likeness (QED) is 0.335. The van der Waals surface area contributed by atoms with Crippen LogP contribution in [0.3, 0.4) is 0 Å². The summed E-state index contributed by atoms with van der Waals surface area (Å²) in [5.41, 5.74) is -0.775. The van der Waals surface area contributed by atoms with Crippen LogP contribution in [0.5, 0.6) is 0 Å². The number of aliphatic hydroxyl groups excluding tert-OH is 1. The van der Waals surface area contributed by atoms with Gasteiger partial charge in [0, 0.05) is 25.3 Å². The first-order valence-corrected chi connectivity index (χ1v) is 15.7. The van der Waals surface area contributed by atoms with Gasteiger partial charge in [-0.05, 0) is 43.4 Å². The molecule has 2 aromatic carbocycles. The van der Waals surface area contributed by atoms with E-state index >= 15 is 0 Å². The van der Waals surface area contributed by atoms with Crippen molar-refractivity contribution in [3.63, 3.8) is 0 Å². The summed E-state index contributed by atoms with van der Waals surface area (Å²) < 4.78 is 6.99. The smallest absolute Gasteiger partial charge is 0.248 e. The van der Waals surface area contributed by atoms with E-state index < -0.39 is 35.1 Å². The van der Waals surface area contributed by atoms with E-state index in [1.807, 2.05) is 74.5 Å². The van der Waals surface area contributed by atoms with Gasteiger partial charge in [0.2, 0.25) is 17.7 Å². The highest BCUT2D eigenvalue weighted by atomic mass is 16.5. The predicted octanol–water partition coefficient (Wildman–Crippen LogP) is 4.76. The summed E-state index contributed by atoms with van der Waals surface area (Å²) >= 11 is 0. The molecule has 3 aliphatic heterocycles. The molecular formula is C36H45N3O5. The molecular weight excluding hydrogens is 554 g/mol. The van der Waals surface area contributed by atoms with Crippen LogP contribution in [0.1, 0.15) is 51.6 Å². The molecule has 1 spiro atoms. The largest absolute Gasteiger partial charge is 0.394 e. The average Bonchev–Trinajstić information content (AvgIpc) is 3.55. The second-order valence-electron chi connectivity index (χ2n) is 12.6. The highest BCUT2D eigenvalue weighted by Crippen LogP contribution is 2.66. The van der Waals surface area contributed by atoms with Gasteiger partial charge in [0.05, 0.1) is 30.1 Å². The molecule has 3 fully saturated rings. The first kappa shape index (κ1) is 31.7. The third kappa shape index (κ3) is 4.98. The molecule has 3 saturated heterocycles. The minimum Gasteiger partial charge on any atom is -0.394 e. The van der Waals surface area contributed by atoms with Gasteiger partial charge >= 0.3 is 0 Å². The van der Waals surface area contributed by atoms with Crippen LogP contribution in [0.2, 0.25) is 0 Å². The zero-order valence-corrected chi connectivity index (χ0v) is 26.1. The molecule has 234 valence electrons. The number of anilines is 1. The Morgan fingerprint density at radius 1 is 1.07 bits per heavy atom. The van der Waals surface area contributed by atoms with Gasteiger partial charge in [-0.2, -0.15) is 0 Å². The van der Waals surface area contributed by atoms with E-state index in [0.29, 0.717) is 25.2 Å². The second-order valence-corrected chi connectivity index (χ2v) is 12.6. The van der Waals surface area contributed by atoms with Gasteiger partial charge in [-0.25, -0.2) is 0 Å². The van der Waals surface area contributed by atoms with E-state index in [-0.39, 0.29) is 36.8 Å². The Morgan fingerprint density at radius 3 is 2.30 bits per heavy atom. The Labute approximate surface area is 261 Å². The molecule has 0 aromatic heterocycles. The number of hydrogen-bond donors (Lipinski definition) is 1. The first-order valence-electron chi connectivity index (χ1n) is 15.7. The fourth-order valence-corrected chi connectivity index (χ4v) is 7.89. The minimum absolute atomic E-state index is 0.107. The van der Waals surface area contributed by atoms with Gasteiger partial charge in [0.15, 0.2) is 0 Å². The molecule has 3 unspecified atom stereocenters. The monoisotopic (exact) mass is 599 g/mol. The minimum atomic E-state index is -1.23. The molecule has 0 radical (unpaired) electrons. The number of aliphatic hydroxyl groups is 1. The van der Waals surface area contributed by atoms with Gasteiger partial charge < -0.3 is 24.5 Å². The van der Waals surface area contributed by atoms with Crippen molar-refractivity contribution in [1.29, 1.82) is 0 Å². The third-order valence-electron chi connectivity index (χ3n) is 10.0. The molecule has 0 saturated carbocycles. The topological polar surface area (TPSA) is 90.4 Å². The maximum atomic E-state index is 14.9. The number of carbonyl (C=O) groups excluding carboxylic acids is 3. The van der Waals surface area contributed by atoms with Crippen molar-refractivity contribution in [2.45, 2.75) is 63.3 Å². The van der Waals surface area contributed by atoms with Crippen LogP contribution in [0.25, 0.3) is 0 Å². The normalized spacial score (nSPS) is 29.3. The van der Waals surface area contributed by atoms with Crippen LogP contribution in [0.4, 0.5) is 5.69 Å². The number of ether oxygens (including phenoxy) is 1. The molecule has 5 rings (SSSR count). The number of unbranched alkanes of at least 4 members (excludes halogenated alkanes) is 1. The summed E-state index contributed by atoms with van der Waals surface area (Å²) in [5.74, 6) is -2.63. The zero-order chi connectivity index (χ0) is 31.6. The van der Waals surface area contributed by atoms with E-state index in [9.17, 15) is 19.5 Å². The summed E-state index contributed by atoms with van der Waals surface area (Å²) in [7, 11) is 0. The number of para-hydroxylation sites is 1. The Morgan fingerprint density at radius 2 is 1.70 bits per heavy atom. The summed E-state index contributed by atoms with van der Waals surface area (Å²) in [6.07, 6.45) is 5.51. The highest BCUT2D eigenvalue weighted by molar-refractivity contribution is 6.03. The van der Waals surface area contributed by atoms with Crippen LogP contribution in [0, 0.1) is 17.8 Å². The lowest BCUT2D eigenvalue weighted by molar-refractivity contribution is -0.155. The van der Waals surface area contributed by atoms with Crippen LogP contribution >= 0.6 is 0 Å². The van der Waals surface area contributed by atoms with Gasteiger partial charge in [-0.15, -0.1) is 13.2 Å². The number of benzene rings is 2. The number of carbonyl (C=O) groups is 3. The predicted molar refractivity (Wildman–Crippen MR) is 171 cm³/mol. The SMILES string of the molecule is C=CCN(CCCC)C(=O)C1N([C@H](CO)c2ccccc2)C(=O)[C@@H]2[C@@H](C(=O)N(CC=C)c3ccccc3)[C@]3(C)OC12CC3C. The van der Waals surface area contributed by atoms with Crippen LogP contribution < -0.4 is 4.90 Å². The number of amides is 3. The second kappa shape index (κ2) is 12.7. The van der Waals surface area contributed by atoms with Crippen molar-refractivity contribution in [1.82, 2.24) is 9.80 Å². The number of rotatable bonds is 13. The number of hydrogen-bond acceptors (Lipinski definition) is 5. The van der Waals surface area contributed by atoms with E-state index in [2.05, 4.69) is 20.1 Å². The van der Waals surface area contributed by atoms with Gasteiger partial charge in [-0.3, -0.25) is 14.4 Å². The molecule has 44 heavy (non-hydrogen) atoms. The molecule has 3 aliphatic rings. The van der Waals surface area contributed by atoms with E-state index in [1.165, 1.54) is 0 Å². The molecule has 7 atom stereocenters. The van der Waals surface area contributed by atoms with Crippen molar-refractivity contribution in [3.05, 3.63) is 91.5 Å². The molecule has 2 bridgehead atoms. The lowest BCUT2D eigenvalue weighted by Gasteiger charge is -2.39. The summed E-state index contributed by atoms with van der Waals surface area (Å²) in [5, 5.41) is 10.8. The molecule has 3 heterocycles. The van der Waals surface area contributed by atoms with Gasteiger partial charge in [0.1, 0.15) is 11.6 Å². The number of fused-ring (bicyclic) bond motifs is 1. The lowest BCUT2D eigenvalue weighted by atomic mass is 9.62. The Balaban J connectivity index is 1.67. The number of likely N-dealkylation sites (tertiary alicyclic amines) is 1. The van der Waals surface area contributed by atoms with Crippen molar-refractivity contribution in [2.75, 3.05) is 31.1 Å². The van der Waals surface area contributed by atoms with Crippen molar-refractivity contribution < 1.29 is 24.2 Å². The maximum absolute atomic E-state index is 14.9. The lowest BCUT2D eigenvalue weighted by Crippen LogP contribution is -2.57. The average molecular weight is 600 g/mol. The third-order valence-corrected chi connectivity index (χ3v) is 10.0.